The Labute approximate surface area is 144 Å². The first-order valence-electron chi connectivity index (χ1n) is 10.1. The van der Waals surface area contributed by atoms with Gasteiger partial charge in [-0.3, -0.25) is 4.99 Å². The monoisotopic (exact) mass is 314 g/mol. The molecule has 2 radical (unpaired) electrons. The minimum Gasteiger partial charge on any atom is -0.358 e. The van der Waals surface area contributed by atoms with Gasteiger partial charge < -0.3 is 4.90 Å². The van der Waals surface area contributed by atoms with Gasteiger partial charge in [-0.05, 0) is 57.8 Å². The first kappa shape index (κ1) is 17.4. The first-order valence-corrected chi connectivity index (χ1v) is 10.1. The van der Waals surface area contributed by atoms with E-state index in [2.05, 4.69) is 32.6 Å². The lowest BCUT2D eigenvalue weighted by atomic mass is 9.74. The Kier molecular flexibility index (Phi) is 5.43. The Hall–Kier alpha value is -0.465. The molecule has 6 unspecified atom stereocenters. The van der Waals surface area contributed by atoms with Crippen LogP contribution in [-0.4, -0.2) is 37.2 Å². The topological polar surface area (TPSA) is 15.6 Å². The van der Waals surface area contributed by atoms with Crippen molar-refractivity contribution in [1.29, 1.82) is 0 Å². The molecule has 3 heteroatoms. The van der Waals surface area contributed by atoms with Gasteiger partial charge in [0.05, 0.1) is 7.85 Å². The van der Waals surface area contributed by atoms with Crippen LogP contribution in [0.3, 0.4) is 0 Å². The average Bonchev–Trinajstić information content (AvgIpc) is 3.28. The van der Waals surface area contributed by atoms with E-state index < -0.39 is 0 Å². The molecule has 1 aliphatic heterocycles. The molecule has 23 heavy (non-hydrogen) atoms. The quantitative estimate of drug-likeness (QED) is 0.690. The van der Waals surface area contributed by atoms with Crippen molar-refractivity contribution < 1.29 is 0 Å². The zero-order valence-electron chi connectivity index (χ0n) is 15.7. The van der Waals surface area contributed by atoms with Crippen LogP contribution in [0.25, 0.3) is 0 Å². The summed E-state index contributed by atoms with van der Waals surface area (Å²) >= 11 is 0. The van der Waals surface area contributed by atoms with E-state index in [4.69, 9.17) is 12.8 Å². The Bertz CT molecular complexity index is 433. The van der Waals surface area contributed by atoms with Crippen LogP contribution in [0.2, 0.25) is 5.82 Å². The largest absolute Gasteiger partial charge is 0.358 e. The summed E-state index contributed by atoms with van der Waals surface area (Å²) in [6.45, 7) is 10.4. The molecule has 2 nitrogen and oxygen atoms in total. The molecule has 1 heterocycles. The number of nitrogens with zero attached hydrogens (tertiary/aromatic N) is 2. The first-order chi connectivity index (χ1) is 11.0. The zero-order chi connectivity index (χ0) is 16.6. The summed E-state index contributed by atoms with van der Waals surface area (Å²) in [5.41, 5.74) is 0. The summed E-state index contributed by atoms with van der Waals surface area (Å²) in [6.07, 6.45) is 9.06. The molecule has 0 aromatic heterocycles. The van der Waals surface area contributed by atoms with E-state index >= 15 is 0 Å². The maximum Gasteiger partial charge on any atom is 0.103 e. The average molecular weight is 314 g/mol. The summed E-state index contributed by atoms with van der Waals surface area (Å²) in [5.74, 6) is 5.28. The standard InChI is InChI=1S/C20H35BN2/c1-5-14(4)22-20-19-15(10-11-23(20)13(2)3)6-8-17(21)9-7-16-12-18(16)19/h13-19H,5-12H2,1-4H3. The fraction of sp³-hybridized carbons (Fsp3) is 0.950. The number of rotatable bonds is 3. The number of aliphatic imine (C=N–C) groups is 1. The van der Waals surface area contributed by atoms with Crippen LogP contribution in [0.1, 0.15) is 72.6 Å². The van der Waals surface area contributed by atoms with Crippen LogP contribution >= 0.6 is 0 Å². The summed E-state index contributed by atoms with van der Waals surface area (Å²) in [4.78, 5) is 7.88. The van der Waals surface area contributed by atoms with E-state index in [0.29, 0.717) is 17.9 Å². The lowest BCUT2D eigenvalue weighted by Gasteiger charge is -2.44. The van der Waals surface area contributed by atoms with E-state index in [1.165, 1.54) is 50.9 Å². The molecule has 2 saturated carbocycles. The van der Waals surface area contributed by atoms with Gasteiger partial charge in [-0.25, -0.2) is 0 Å². The van der Waals surface area contributed by atoms with Gasteiger partial charge in [-0.1, -0.05) is 38.4 Å². The van der Waals surface area contributed by atoms with Gasteiger partial charge in [-0.15, -0.1) is 0 Å². The lowest BCUT2D eigenvalue weighted by molar-refractivity contribution is 0.197. The molecule has 0 spiro atoms. The van der Waals surface area contributed by atoms with Crippen molar-refractivity contribution in [1.82, 2.24) is 4.90 Å². The van der Waals surface area contributed by atoms with Gasteiger partial charge in [0.2, 0.25) is 0 Å². The van der Waals surface area contributed by atoms with E-state index in [1.54, 1.807) is 0 Å². The van der Waals surface area contributed by atoms with Crippen molar-refractivity contribution in [3.63, 3.8) is 0 Å². The molecule has 0 amide bonds. The third-order valence-electron chi connectivity index (χ3n) is 6.66. The maximum absolute atomic E-state index is 6.35. The molecule has 0 N–H and O–H groups in total. The van der Waals surface area contributed by atoms with E-state index in [9.17, 15) is 0 Å². The molecule has 0 aromatic carbocycles. The molecule has 3 rings (SSSR count). The highest BCUT2D eigenvalue weighted by molar-refractivity contribution is 6.11. The van der Waals surface area contributed by atoms with Gasteiger partial charge in [0.1, 0.15) is 5.84 Å². The Morgan fingerprint density at radius 3 is 2.43 bits per heavy atom. The van der Waals surface area contributed by atoms with Crippen LogP contribution < -0.4 is 0 Å². The minimum absolute atomic E-state index is 0.438. The molecular formula is C20H35BN2. The predicted molar refractivity (Wildman–Crippen MR) is 100 cm³/mol. The van der Waals surface area contributed by atoms with Crippen LogP contribution in [0.5, 0.6) is 0 Å². The zero-order valence-corrected chi connectivity index (χ0v) is 15.7. The van der Waals surface area contributed by atoms with Crippen molar-refractivity contribution in [2.75, 3.05) is 6.54 Å². The lowest BCUT2D eigenvalue weighted by Crippen LogP contribution is -2.50. The van der Waals surface area contributed by atoms with Crippen molar-refractivity contribution in [2.24, 2.45) is 28.7 Å². The van der Waals surface area contributed by atoms with Gasteiger partial charge in [0.15, 0.2) is 0 Å². The Balaban J connectivity index is 1.89. The molecule has 0 aromatic rings. The molecule has 6 atom stereocenters. The van der Waals surface area contributed by atoms with Crippen molar-refractivity contribution in [2.45, 2.75) is 90.5 Å². The smallest absolute Gasteiger partial charge is 0.103 e. The van der Waals surface area contributed by atoms with Crippen molar-refractivity contribution >= 4 is 13.7 Å². The molecule has 128 valence electrons. The van der Waals surface area contributed by atoms with Crippen LogP contribution in [-0.2, 0) is 0 Å². The third-order valence-corrected chi connectivity index (χ3v) is 6.66. The summed E-state index contributed by atoms with van der Waals surface area (Å²) < 4.78 is 0. The van der Waals surface area contributed by atoms with Crippen LogP contribution in [0.4, 0.5) is 0 Å². The number of hydrogen-bond donors (Lipinski definition) is 0. The minimum atomic E-state index is 0.438. The van der Waals surface area contributed by atoms with Crippen molar-refractivity contribution in [3.05, 3.63) is 0 Å². The van der Waals surface area contributed by atoms with Gasteiger partial charge >= 0.3 is 0 Å². The summed E-state index contributed by atoms with van der Waals surface area (Å²) in [7, 11) is 6.35. The summed E-state index contributed by atoms with van der Waals surface area (Å²) in [5, 5.41) is 0. The summed E-state index contributed by atoms with van der Waals surface area (Å²) in [6, 6.07) is 1.03. The highest BCUT2D eigenvalue weighted by Gasteiger charge is 2.50. The molecule has 0 bridgehead atoms. The maximum atomic E-state index is 6.35. The highest BCUT2D eigenvalue weighted by atomic mass is 15.2. The second-order valence-electron chi connectivity index (χ2n) is 8.68. The number of piperidine rings is 1. The normalized spacial score (nSPS) is 40.8. The SMILES string of the molecule is [B]C1CCC2CC2C2C(=NC(C)CC)N(C(C)C)CCC2CC1. The van der Waals surface area contributed by atoms with Gasteiger partial charge in [0.25, 0.3) is 0 Å². The number of amidine groups is 1. The van der Waals surface area contributed by atoms with Gasteiger partial charge in [-0.2, -0.15) is 0 Å². The third kappa shape index (κ3) is 3.79. The molecule has 3 fully saturated rings. The van der Waals surface area contributed by atoms with Crippen LogP contribution in [0.15, 0.2) is 4.99 Å². The highest BCUT2D eigenvalue weighted by Crippen LogP contribution is 2.54. The van der Waals surface area contributed by atoms with E-state index in [1.807, 2.05) is 0 Å². The number of likely N-dealkylation sites (tertiary alicyclic amines) is 1. The molecular weight excluding hydrogens is 279 g/mol. The van der Waals surface area contributed by atoms with E-state index in [0.717, 1.165) is 30.1 Å². The van der Waals surface area contributed by atoms with Crippen molar-refractivity contribution in [3.8, 4) is 0 Å². The fourth-order valence-electron chi connectivity index (χ4n) is 4.91. The fourth-order valence-corrected chi connectivity index (χ4v) is 4.91. The van der Waals surface area contributed by atoms with E-state index in [-0.39, 0.29) is 0 Å². The van der Waals surface area contributed by atoms with Crippen LogP contribution in [0, 0.1) is 23.7 Å². The molecule has 3 aliphatic rings. The Morgan fingerprint density at radius 1 is 1.09 bits per heavy atom. The molecule has 1 saturated heterocycles. The molecule has 2 aliphatic carbocycles. The number of fused-ring (bicyclic) bond motifs is 3. The second kappa shape index (κ2) is 7.19. The Morgan fingerprint density at radius 2 is 1.78 bits per heavy atom. The predicted octanol–water partition coefficient (Wildman–Crippen LogP) is 4.70. The number of hydrogen-bond acceptors (Lipinski definition) is 1. The second-order valence-corrected chi connectivity index (χ2v) is 8.68. The van der Waals surface area contributed by atoms with Gasteiger partial charge in [0, 0.05) is 24.5 Å².